The molecule has 1 aromatic heterocycles. The molecule has 0 bridgehead atoms. The van der Waals surface area contributed by atoms with Crippen molar-refractivity contribution in [2.24, 2.45) is 5.73 Å². The summed E-state index contributed by atoms with van der Waals surface area (Å²) in [6.45, 7) is 2.22. The summed E-state index contributed by atoms with van der Waals surface area (Å²) in [5.41, 5.74) is 6.95. The first kappa shape index (κ1) is 9.45. The third-order valence-electron chi connectivity index (χ3n) is 1.21. The Kier molecular flexibility index (Phi) is 3.38. The number of aromatic nitrogens is 2. The molecule has 0 amide bonds. The summed E-state index contributed by atoms with van der Waals surface area (Å²) in [4.78, 5) is 0.775. The highest BCUT2D eigenvalue weighted by Crippen LogP contribution is 2.01. The molecule has 1 heterocycles. The number of nitrogens with two attached hydrogens (primary N) is 1. The van der Waals surface area contributed by atoms with Crippen molar-refractivity contribution in [2.45, 2.75) is 13.5 Å². The molecule has 4 nitrogen and oxygen atoms in total. The molecule has 0 fully saturated rings. The maximum Gasteiger partial charge on any atom is 0.0712 e. The molecule has 0 aliphatic heterocycles. The number of rotatable bonds is 1. The standard InChI is InChI=1S/C5H9N3O.BrH/c1-4-5(2-6)3-8(9)7-4;/h3,9H,2,6H2,1H3;1H. The van der Waals surface area contributed by atoms with Gasteiger partial charge in [0.25, 0.3) is 0 Å². The first-order chi connectivity index (χ1) is 4.24. The molecule has 0 aromatic carbocycles. The molecule has 10 heavy (non-hydrogen) atoms. The number of nitrogens with zero attached hydrogens (tertiary/aromatic N) is 2. The van der Waals surface area contributed by atoms with Crippen molar-refractivity contribution in [3.8, 4) is 0 Å². The van der Waals surface area contributed by atoms with Gasteiger partial charge in [-0.05, 0) is 6.92 Å². The summed E-state index contributed by atoms with van der Waals surface area (Å²) < 4.78 is 0. The van der Waals surface area contributed by atoms with Gasteiger partial charge in [0.15, 0.2) is 0 Å². The van der Waals surface area contributed by atoms with Crippen LogP contribution >= 0.6 is 17.0 Å². The van der Waals surface area contributed by atoms with Crippen LogP contribution in [-0.4, -0.2) is 15.2 Å². The van der Waals surface area contributed by atoms with Crippen LogP contribution in [0.3, 0.4) is 0 Å². The average Bonchev–Trinajstić information content (AvgIpc) is 2.10. The second-order valence-corrected chi connectivity index (χ2v) is 1.86. The lowest BCUT2D eigenvalue weighted by Gasteiger charge is -1.85. The molecule has 0 spiro atoms. The second-order valence-electron chi connectivity index (χ2n) is 1.86. The van der Waals surface area contributed by atoms with E-state index in [-0.39, 0.29) is 17.0 Å². The van der Waals surface area contributed by atoms with E-state index in [0.29, 0.717) is 6.54 Å². The molecule has 5 heteroatoms. The van der Waals surface area contributed by atoms with E-state index < -0.39 is 0 Å². The molecular formula is C5H10BrN3O. The number of hydrogen-bond donors (Lipinski definition) is 2. The summed E-state index contributed by atoms with van der Waals surface area (Å²) in [6, 6.07) is 0. The lowest BCUT2D eigenvalue weighted by atomic mass is 10.3. The Labute approximate surface area is 69.4 Å². The molecule has 3 N–H and O–H groups in total. The van der Waals surface area contributed by atoms with Crippen LogP contribution in [0.5, 0.6) is 0 Å². The highest BCUT2D eigenvalue weighted by atomic mass is 79.9. The van der Waals surface area contributed by atoms with Gasteiger partial charge >= 0.3 is 0 Å². The molecule has 0 atom stereocenters. The van der Waals surface area contributed by atoms with Crippen molar-refractivity contribution in [3.05, 3.63) is 17.5 Å². The third-order valence-corrected chi connectivity index (χ3v) is 1.21. The molecule has 0 unspecified atom stereocenters. The first-order valence-electron chi connectivity index (χ1n) is 2.68. The van der Waals surface area contributed by atoms with E-state index >= 15 is 0 Å². The summed E-state index contributed by atoms with van der Waals surface area (Å²) in [5, 5.41) is 12.4. The molecule has 0 aliphatic rings. The van der Waals surface area contributed by atoms with Crippen LogP contribution in [0.15, 0.2) is 6.20 Å². The van der Waals surface area contributed by atoms with Crippen LogP contribution in [0.2, 0.25) is 0 Å². The Morgan fingerprint density at radius 3 is 2.60 bits per heavy atom. The highest BCUT2D eigenvalue weighted by molar-refractivity contribution is 8.93. The third kappa shape index (κ3) is 1.71. The lowest BCUT2D eigenvalue weighted by molar-refractivity contribution is 0.148. The van der Waals surface area contributed by atoms with Gasteiger partial charge in [0.1, 0.15) is 0 Å². The fourth-order valence-electron chi connectivity index (χ4n) is 0.680. The van der Waals surface area contributed by atoms with Gasteiger partial charge < -0.3 is 10.9 Å². The van der Waals surface area contributed by atoms with E-state index in [2.05, 4.69) is 5.10 Å². The zero-order valence-corrected chi connectivity index (χ0v) is 7.32. The Morgan fingerprint density at radius 2 is 2.40 bits per heavy atom. The number of hydrogen-bond acceptors (Lipinski definition) is 3. The van der Waals surface area contributed by atoms with Crippen LogP contribution in [0.4, 0.5) is 0 Å². The molecule has 1 aromatic rings. The normalized spacial score (nSPS) is 9.00. The van der Waals surface area contributed by atoms with Crippen LogP contribution in [0, 0.1) is 6.92 Å². The van der Waals surface area contributed by atoms with Crippen molar-refractivity contribution >= 4 is 17.0 Å². The van der Waals surface area contributed by atoms with Crippen LogP contribution in [0.1, 0.15) is 11.3 Å². The fraction of sp³-hybridized carbons (Fsp3) is 0.400. The fourth-order valence-corrected chi connectivity index (χ4v) is 0.680. The SMILES string of the molecule is Br.Cc1nn(O)cc1CN. The van der Waals surface area contributed by atoms with Gasteiger partial charge in [0, 0.05) is 12.1 Å². The van der Waals surface area contributed by atoms with Gasteiger partial charge in [-0.1, -0.05) is 0 Å². The largest absolute Gasteiger partial charge is 0.412 e. The summed E-state index contributed by atoms with van der Waals surface area (Å²) in [7, 11) is 0. The van der Waals surface area contributed by atoms with Gasteiger partial charge in [-0.15, -0.1) is 26.9 Å². The van der Waals surface area contributed by atoms with E-state index in [1.54, 1.807) is 6.92 Å². The number of aryl methyl sites for hydroxylation is 1. The Balaban J connectivity index is 0.000000810. The molecule has 0 aliphatic carbocycles. The molecule has 0 radical (unpaired) electrons. The van der Waals surface area contributed by atoms with Crippen molar-refractivity contribution in [1.29, 1.82) is 0 Å². The zero-order chi connectivity index (χ0) is 6.85. The average molecular weight is 208 g/mol. The molecular weight excluding hydrogens is 198 g/mol. The zero-order valence-electron chi connectivity index (χ0n) is 5.61. The minimum Gasteiger partial charge on any atom is -0.412 e. The summed E-state index contributed by atoms with van der Waals surface area (Å²) >= 11 is 0. The molecule has 58 valence electrons. The maximum atomic E-state index is 8.72. The van der Waals surface area contributed by atoms with Crippen molar-refractivity contribution in [3.63, 3.8) is 0 Å². The van der Waals surface area contributed by atoms with Crippen molar-refractivity contribution in [1.82, 2.24) is 9.94 Å². The van der Waals surface area contributed by atoms with Gasteiger partial charge in [-0.25, -0.2) is 0 Å². The Hall–Kier alpha value is -0.550. The topological polar surface area (TPSA) is 64.1 Å². The lowest BCUT2D eigenvalue weighted by Crippen LogP contribution is -1.95. The Morgan fingerprint density at radius 1 is 1.80 bits per heavy atom. The van der Waals surface area contributed by atoms with Crippen molar-refractivity contribution < 1.29 is 5.21 Å². The second kappa shape index (κ2) is 3.58. The molecule has 1 rings (SSSR count). The minimum atomic E-state index is 0. The summed E-state index contributed by atoms with van der Waals surface area (Å²) in [6.07, 6.45) is 1.50. The smallest absolute Gasteiger partial charge is 0.0712 e. The van der Waals surface area contributed by atoms with E-state index in [1.165, 1.54) is 6.20 Å². The molecule has 0 saturated carbocycles. The van der Waals surface area contributed by atoms with E-state index in [4.69, 9.17) is 10.9 Å². The van der Waals surface area contributed by atoms with E-state index in [9.17, 15) is 0 Å². The molecule has 0 saturated heterocycles. The predicted molar refractivity (Wildman–Crippen MR) is 42.4 cm³/mol. The van der Waals surface area contributed by atoms with Gasteiger partial charge in [-0.2, -0.15) is 0 Å². The van der Waals surface area contributed by atoms with Crippen LogP contribution < -0.4 is 5.73 Å². The van der Waals surface area contributed by atoms with E-state index in [0.717, 1.165) is 16.1 Å². The van der Waals surface area contributed by atoms with Gasteiger partial charge in [-0.3, -0.25) is 0 Å². The highest BCUT2D eigenvalue weighted by Gasteiger charge is 1.99. The monoisotopic (exact) mass is 207 g/mol. The van der Waals surface area contributed by atoms with Gasteiger partial charge in [0.05, 0.1) is 11.9 Å². The first-order valence-corrected chi connectivity index (χ1v) is 2.68. The van der Waals surface area contributed by atoms with Gasteiger partial charge in [0.2, 0.25) is 0 Å². The Bertz CT molecular complexity index is 211. The predicted octanol–water partition coefficient (Wildman–Crippen LogP) is 0.465. The summed E-state index contributed by atoms with van der Waals surface area (Å²) in [5.74, 6) is 0. The van der Waals surface area contributed by atoms with Crippen molar-refractivity contribution in [2.75, 3.05) is 0 Å². The minimum absolute atomic E-state index is 0. The van der Waals surface area contributed by atoms with Crippen LogP contribution in [-0.2, 0) is 6.54 Å². The maximum absolute atomic E-state index is 8.72. The van der Waals surface area contributed by atoms with E-state index in [1.807, 2.05) is 0 Å². The quantitative estimate of drug-likeness (QED) is 0.659. The van der Waals surface area contributed by atoms with Crippen LogP contribution in [0.25, 0.3) is 0 Å². The number of halogens is 1.